The van der Waals surface area contributed by atoms with Gasteiger partial charge < -0.3 is 10.4 Å². The number of hydrogen-bond acceptors (Lipinski definition) is 2. The number of nitrogens with one attached hydrogen (secondary N) is 1. The maximum atomic E-state index is 10.0. The number of carboxylic acids is 1. The van der Waals surface area contributed by atoms with Crippen LogP contribution >= 0.6 is 0 Å². The summed E-state index contributed by atoms with van der Waals surface area (Å²) in [7, 11) is 0. The molecule has 0 aromatic heterocycles. The Hall–Kier alpha value is -1.06. The monoisotopic (exact) mass is 159 g/mol. The molecular formula is C7H13NO3. The van der Waals surface area contributed by atoms with Gasteiger partial charge in [0.2, 0.25) is 6.41 Å². The van der Waals surface area contributed by atoms with E-state index in [2.05, 4.69) is 5.32 Å². The van der Waals surface area contributed by atoms with Crippen LogP contribution < -0.4 is 5.32 Å². The van der Waals surface area contributed by atoms with E-state index in [4.69, 9.17) is 5.11 Å². The van der Waals surface area contributed by atoms with E-state index in [-0.39, 0.29) is 12.5 Å². The van der Waals surface area contributed by atoms with Gasteiger partial charge in [0, 0.05) is 12.5 Å². The Balaban J connectivity index is 3.23. The van der Waals surface area contributed by atoms with E-state index in [9.17, 15) is 9.59 Å². The van der Waals surface area contributed by atoms with Crippen molar-refractivity contribution in [3.8, 4) is 0 Å². The Bertz CT molecular complexity index is 136. The second kappa shape index (κ2) is 5.70. The fourth-order valence-corrected chi connectivity index (χ4v) is 0.759. The zero-order valence-corrected chi connectivity index (χ0v) is 6.54. The van der Waals surface area contributed by atoms with Gasteiger partial charge in [-0.15, -0.1) is 0 Å². The molecule has 0 heterocycles. The topological polar surface area (TPSA) is 66.4 Å². The molecule has 4 heteroatoms. The van der Waals surface area contributed by atoms with E-state index in [1.54, 1.807) is 0 Å². The van der Waals surface area contributed by atoms with E-state index in [1.165, 1.54) is 0 Å². The third kappa shape index (κ3) is 6.83. The average Bonchev–Trinajstić information content (AvgIpc) is 1.87. The van der Waals surface area contributed by atoms with E-state index in [0.29, 0.717) is 19.3 Å². The summed E-state index contributed by atoms with van der Waals surface area (Å²) in [6.45, 7) is 1.84. The molecule has 0 aliphatic heterocycles. The van der Waals surface area contributed by atoms with Crippen molar-refractivity contribution in [2.24, 2.45) is 0 Å². The first-order chi connectivity index (χ1) is 5.16. The first kappa shape index (κ1) is 9.94. The predicted octanol–water partition coefficient (Wildman–Crippen LogP) is 0.376. The Kier molecular flexibility index (Phi) is 5.15. The number of carbonyl (C=O) groups is 2. The molecule has 0 aromatic carbocycles. The molecule has 1 amide bonds. The summed E-state index contributed by atoms with van der Waals surface area (Å²) in [6.07, 6.45) is 2.12. The van der Waals surface area contributed by atoms with Gasteiger partial charge in [0.15, 0.2) is 0 Å². The highest BCUT2D eigenvalue weighted by Gasteiger charge is 2.01. The van der Waals surface area contributed by atoms with Crippen LogP contribution in [-0.2, 0) is 9.59 Å². The van der Waals surface area contributed by atoms with Gasteiger partial charge in [0.1, 0.15) is 0 Å². The number of carbonyl (C=O) groups excluding carboxylic acids is 1. The highest BCUT2D eigenvalue weighted by molar-refractivity contribution is 5.66. The first-order valence-corrected chi connectivity index (χ1v) is 3.58. The molecule has 0 spiro atoms. The summed E-state index contributed by atoms with van der Waals surface area (Å²) >= 11 is 0. The zero-order chi connectivity index (χ0) is 8.69. The van der Waals surface area contributed by atoms with Crippen molar-refractivity contribution in [2.75, 3.05) is 0 Å². The summed E-state index contributed by atoms with van der Waals surface area (Å²) in [6, 6.07) is 0.0758. The maximum Gasteiger partial charge on any atom is 0.303 e. The fourth-order valence-electron chi connectivity index (χ4n) is 0.759. The first-order valence-electron chi connectivity index (χ1n) is 3.58. The molecule has 1 atom stereocenters. The molecule has 4 nitrogen and oxygen atoms in total. The molecule has 0 radical (unpaired) electrons. The van der Waals surface area contributed by atoms with Crippen LogP contribution in [0.2, 0.25) is 0 Å². The van der Waals surface area contributed by atoms with Crippen molar-refractivity contribution in [1.82, 2.24) is 5.32 Å². The quantitative estimate of drug-likeness (QED) is 0.550. The smallest absolute Gasteiger partial charge is 0.303 e. The Morgan fingerprint density at radius 3 is 2.82 bits per heavy atom. The summed E-state index contributed by atoms with van der Waals surface area (Å²) < 4.78 is 0. The summed E-state index contributed by atoms with van der Waals surface area (Å²) in [4.78, 5) is 19.9. The van der Waals surface area contributed by atoms with E-state index >= 15 is 0 Å². The molecule has 11 heavy (non-hydrogen) atoms. The molecule has 0 bridgehead atoms. The third-order valence-electron chi connectivity index (χ3n) is 1.38. The van der Waals surface area contributed by atoms with Crippen molar-refractivity contribution in [2.45, 2.75) is 32.2 Å². The second-order valence-electron chi connectivity index (χ2n) is 2.47. The van der Waals surface area contributed by atoms with Gasteiger partial charge in [-0.1, -0.05) is 0 Å². The molecule has 0 rings (SSSR count). The van der Waals surface area contributed by atoms with Crippen LogP contribution in [0.25, 0.3) is 0 Å². The van der Waals surface area contributed by atoms with Crippen LogP contribution in [0.1, 0.15) is 26.2 Å². The van der Waals surface area contributed by atoms with E-state index < -0.39 is 5.97 Å². The van der Waals surface area contributed by atoms with Crippen molar-refractivity contribution < 1.29 is 14.7 Å². The largest absolute Gasteiger partial charge is 0.481 e. The van der Waals surface area contributed by atoms with Crippen molar-refractivity contribution in [3.05, 3.63) is 0 Å². The van der Waals surface area contributed by atoms with Gasteiger partial charge in [-0.3, -0.25) is 9.59 Å². The highest BCUT2D eigenvalue weighted by atomic mass is 16.4. The lowest BCUT2D eigenvalue weighted by Gasteiger charge is -2.07. The molecule has 2 N–H and O–H groups in total. The standard InChI is InChI=1S/C7H13NO3/c1-6(8-5-9)3-2-4-7(10)11/h5-6H,2-4H2,1H3,(H,8,9)(H,10,11)/t6-/m0/s1. The minimum atomic E-state index is -0.789. The minimum Gasteiger partial charge on any atom is -0.481 e. The SMILES string of the molecule is C[C@@H](CCCC(=O)O)NC=O. The summed E-state index contributed by atoms with van der Waals surface area (Å²) in [5.74, 6) is -0.789. The van der Waals surface area contributed by atoms with Crippen LogP contribution in [0, 0.1) is 0 Å². The average molecular weight is 159 g/mol. The van der Waals surface area contributed by atoms with Gasteiger partial charge in [-0.25, -0.2) is 0 Å². The van der Waals surface area contributed by atoms with Crippen LogP contribution in [0.3, 0.4) is 0 Å². The molecule has 0 fully saturated rings. The number of carboxylic acid groups (broad SMARTS) is 1. The van der Waals surface area contributed by atoms with Gasteiger partial charge in [0.25, 0.3) is 0 Å². The van der Waals surface area contributed by atoms with Gasteiger partial charge in [0.05, 0.1) is 0 Å². The van der Waals surface area contributed by atoms with Crippen LogP contribution in [-0.4, -0.2) is 23.5 Å². The number of hydrogen-bond donors (Lipinski definition) is 2. The lowest BCUT2D eigenvalue weighted by Crippen LogP contribution is -2.24. The molecule has 0 saturated heterocycles. The van der Waals surface area contributed by atoms with Crippen LogP contribution in [0.4, 0.5) is 0 Å². The molecule has 0 saturated carbocycles. The predicted molar refractivity (Wildman–Crippen MR) is 40.1 cm³/mol. The summed E-state index contributed by atoms with van der Waals surface area (Å²) in [5.41, 5.74) is 0. The van der Waals surface area contributed by atoms with Gasteiger partial charge in [-0.05, 0) is 19.8 Å². The van der Waals surface area contributed by atoms with E-state index in [1.807, 2.05) is 6.92 Å². The van der Waals surface area contributed by atoms with Crippen molar-refractivity contribution >= 4 is 12.4 Å². The minimum absolute atomic E-state index is 0.0758. The molecule has 0 aromatic rings. The summed E-state index contributed by atoms with van der Waals surface area (Å²) in [5, 5.41) is 10.8. The van der Waals surface area contributed by atoms with E-state index in [0.717, 1.165) is 0 Å². The molecule has 0 aliphatic rings. The Labute approximate surface area is 65.6 Å². The maximum absolute atomic E-state index is 10.0. The van der Waals surface area contributed by atoms with Gasteiger partial charge >= 0.3 is 5.97 Å². The normalized spacial score (nSPS) is 12.1. The Morgan fingerprint density at radius 2 is 2.36 bits per heavy atom. The Morgan fingerprint density at radius 1 is 1.73 bits per heavy atom. The number of rotatable bonds is 6. The van der Waals surface area contributed by atoms with Crippen LogP contribution in [0.15, 0.2) is 0 Å². The van der Waals surface area contributed by atoms with Crippen molar-refractivity contribution in [3.63, 3.8) is 0 Å². The molecule has 64 valence electrons. The third-order valence-corrected chi connectivity index (χ3v) is 1.38. The van der Waals surface area contributed by atoms with Crippen LogP contribution in [0.5, 0.6) is 0 Å². The zero-order valence-electron chi connectivity index (χ0n) is 6.54. The fraction of sp³-hybridized carbons (Fsp3) is 0.714. The lowest BCUT2D eigenvalue weighted by molar-refractivity contribution is -0.137. The molecular weight excluding hydrogens is 146 g/mol. The second-order valence-corrected chi connectivity index (χ2v) is 2.47. The lowest BCUT2D eigenvalue weighted by atomic mass is 10.1. The number of aliphatic carboxylic acids is 1. The number of amides is 1. The molecule has 0 unspecified atom stereocenters. The van der Waals surface area contributed by atoms with Crippen molar-refractivity contribution in [1.29, 1.82) is 0 Å². The van der Waals surface area contributed by atoms with Gasteiger partial charge in [-0.2, -0.15) is 0 Å². The molecule has 0 aliphatic carbocycles. The highest BCUT2D eigenvalue weighted by Crippen LogP contribution is 1.99.